The van der Waals surface area contributed by atoms with Crippen molar-refractivity contribution < 1.29 is 23.7 Å². The summed E-state index contributed by atoms with van der Waals surface area (Å²) in [6, 6.07) is 12.0. The van der Waals surface area contributed by atoms with Crippen LogP contribution < -0.4 is 25.5 Å². The van der Waals surface area contributed by atoms with E-state index in [-0.39, 0.29) is 46.7 Å². The molecule has 35 heavy (non-hydrogen) atoms. The normalized spacial score (nSPS) is 16.1. The fourth-order valence-corrected chi connectivity index (χ4v) is 4.88. The first-order valence-electron chi connectivity index (χ1n) is 10.6. The quantitative estimate of drug-likeness (QED) is 0.522. The van der Waals surface area contributed by atoms with E-state index in [2.05, 4.69) is 0 Å². The third-order valence-electron chi connectivity index (χ3n) is 6.03. The summed E-state index contributed by atoms with van der Waals surface area (Å²) in [7, 11) is 1.23. The number of nitrogens with zero attached hydrogens (tertiary/aromatic N) is 1. The van der Waals surface area contributed by atoms with Gasteiger partial charge in [-0.15, -0.1) is 0 Å². The third kappa shape index (κ3) is 3.98. The van der Waals surface area contributed by atoms with Gasteiger partial charge in [0, 0.05) is 21.8 Å². The van der Waals surface area contributed by atoms with Gasteiger partial charge in [0.2, 0.25) is 12.7 Å². The Balaban J connectivity index is 1.69. The number of nitrogens with two attached hydrogens (primary N) is 1. The molecular weight excluding hydrogens is 495 g/mol. The van der Waals surface area contributed by atoms with Crippen molar-refractivity contribution in [2.45, 2.75) is 19.4 Å². The van der Waals surface area contributed by atoms with Gasteiger partial charge in [-0.05, 0) is 42.3 Å². The highest BCUT2D eigenvalue weighted by Gasteiger charge is 2.39. The molecule has 0 spiro atoms. The molecular formula is C25H20Cl2N2O6. The number of hydrogen-bond acceptors (Lipinski definition) is 7. The second kappa shape index (κ2) is 8.87. The Labute approximate surface area is 210 Å². The lowest BCUT2D eigenvalue weighted by Crippen LogP contribution is -2.35. The van der Waals surface area contributed by atoms with Gasteiger partial charge in [-0.3, -0.25) is 4.79 Å². The first kappa shape index (κ1) is 23.1. The number of methoxy groups -OCH3 is 1. The molecule has 2 N–H and O–H groups in total. The van der Waals surface area contributed by atoms with Crippen LogP contribution in [0.15, 0.2) is 58.7 Å². The Morgan fingerprint density at radius 3 is 2.63 bits per heavy atom. The molecule has 2 aromatic carbocycles. The molecule has 2 aliphatic heterocycles. The number of aromatic nitrogens is 1. The van der Waals surface area contributed by atoms with Gasteiger partial charge in [-0.1, -0.05) is 35.3 Å². The lowest BCUT2D eigenvalue weighted by Gasteiger charge is -2.29. The number of benzene rings is 2. The van der Waals surface area contributed by atoms with Crippen molar-refractivity contribution >= 4 is 29.2 Å². The standard InChI is InChI=1S/C25H20Cl2N2O6/c1-12-7-19-21(24(30)29(12)10-13-3-6-17-18(8-13)34-11-33-17)20(15-5-4-14(26)9-16(15)27)22(23(28)35-19)25(31)32-2/h3-9,20H,10-11,28H2,1-2H3/t20-/m0/s1. The van der Waals surface area contributed by atoms with E-state index in [0.717, 1.165) is 5.56 Å². The van der Waals surface area contributed by atoms with E-state index in [0.29, 0.717) is 27.8 Å². The summed E-state index contributed by atoms with van der Waals surface area (Å²) in [6.45, 7) is 2.20. The number of fused-ring (bicyclic) bond motifs is 2. The molecule has 0 radical (unpaired) electrons. The number of pyridine rings is 1. The number of aryl methyl sites for hydroxylation is 1. The molecule has 0 fully saturated rings. The number of hydrogen-bond donors (Lipinski definition) is 1. The van der Waals surface area contributed by atoms with Crippen LogP contribution in [0.1, 0.15) is 28.3 Å². The summed E-state index contributed by atoms with van der Waals surface area (Å²) in [4.78, 5) is 26.7. The number of carbonyl (C=O) groups excluding carboxylic acids is 1. The van der Waals surface area contributed by atoms with Gasteiger partial charge in [0.1, 0.15) is 11.3 Å². The second-order valence-corrected chi connectivity index (χ2v) is 8.96. The van der Waals surface area contributed by atoms with E-state index in [1.807, 2.05) is 12.1 Å². The molecule has 0 bridgehead atoms. The van der Waals surface area contributed by atoms with Gasteiger partial charge in [0.05, 0.1) is 25.1 Å². The largest absolute Gasteiger partial charge is 0.465 e. The monoisotopic (exact) mass is 514 g/mol. The fourth-order valence-electron chi connectivity index (χ4n) is 4.36. The molecule has 2 aliphatic rings. The minimum atomic E-state index is -0.924. The maximum Gasteiger partial charge on any atom is 0.340 e. The van der Waals surface area contributed by atoms with Crippen molar-refractivity contribution in [3.63, 3.8) is 0 Å². The summed E-state index contributed by atoms with van der Waals surface area (Å²) >= 11 is 12.6. The molecule has 10 heteroatoms. The van der Waals surface area contributed by atoms with Crippen LogP contribution in [0.4, 0.5) is 0 Å². The van der Waals surface area contributed by atoms with Gasteiger partial charge in [-0.2, -0.15) is 0 Å². The van der Waals surface area contributed by atoms with E-state index >= 15 is 0 Å². The molecule has 0 amide bonds. The van der Waals surface area contributed by atoms with Crippen LogP contribution in [0.5, 0.6) is 17.2 Å². The van der Waals surface area contributed by atoms with Crippen molar-refractivity contribution in [1.82, 2.24) is 4.57 Å². The van der Waals surface area contributed by atoms with Gasteiger partial charge >= 0.3 is 5.97 Å². The molecule has 3 aromatic rings. The maximum absolute atomic E-state index is 13.9. The van der Waals surface area contributed by atoms with Crippen molar-refractivity contribution in [2.75, 3.05) is 13.9 Å². The Morgan fingerprint density at radius 1 is 1.11 bits per heavy atom. The topological polar surface area (TPSA) is 102 Å². The van der Waals surface area contributed by atoms with E-state index in [9.17, 15) is 9.59 Å². The van der Waals surface area contributed by atoms with Crippen LogP contribution in [0, 0.1) is 6.92 Å². The maximum atomic E-state index is 13.9. The average Bonchev–Trinajstić information content (AvgIpc) is 3.28. The highest BCUT2D eigenvalue weighted by molar-refractivity contribution is 6.35. The van der Waals surface area contributed by atoms with Crippen LogP contribution in [-0.2, 0) is 16.1 Å². The van der Waals surface area contributed by atoms with Crippen molar-refractivity contribution in [1.29, 1.82) is 0 Å². The van der Waals surface area contributed by atoms with E-state index in [4.69, 9.17) is 47.9 Å². The summed E-state index contributed by atoms with van der Waals surface area (Å²) in [6.07, 6.45) is 0. The SMILES string of the molecule is COC(=O)C1=C(N)Oc2cc(C)n(Cc3ccc4c(c3)OCO4)c(=O)c2[C@@H]1c1ccc(Cl)cc1Cl. The van der Waals surface area contributed by atoms with Crippen LogP contribution in [0.3, 0.4) is 0 Å². The van der Waals surface area contributed by atoms with Crippen molar-refractivity contribution in [2.24, 2.45) is 5.73 Å². The molecule has 1 atom stereocenters. The van der Waals surface area contributed by atoms with E-state index < -0.39 is 11.9 Å². The lowest BCUT2D eigenvalue weighted by molar-refractivity contribution is -0.136. The van der Waals surface area contributed by atoms with Crippen LogP contribution in [0.25, 0.3) is 0 Å². The summed E-state index contributed by atoms with van der Waals surface area (Å²) in [5.41, 5.74) is 7.94. The minimum absolute atomic E-state index is 0.0141. The van der Waals surface area contributed by atoms with Crippen LogP contribution >= 0.6 is 23.2 Å². The van der Waals surface area contributed by atoms with Gasteiger partial charge < -0.3 is 29.2 Å². The lowest BCUT2D eigenvalue weighted by atomic mass is 9.83. The number of rotatable bonds is 4. The van der Waals surface area contributed by atoms with Crippen LogP contribution in [0.2, 0.25) is 10.0 Å². The first-order chi connectivity index (χ1) is 16.8. The summed E-state index contributed by atoms with van der Waals surface area (Å²) in [5.74, 6) is -0.303. The Hall–Kier alpha value is -3.62. The Morgan fingerprint density at radius 2 is 1.89 bits per heavy atom. The predicted molar refractivity (Wildman–Crippen MR) is 129 cm³/mol. The molecule has 8 nitrogen and oxygen atoms in total. The second-order valence-electron chi connectivity index (χ2n) is 8.11. The third-order valence-corrected chi connectivity index (χ3v) is 6.59. The summed E-state index contributed by atoms with van der Waals surface area (Å²) in [5, 5.41) is 0.679. The number of halogens is 2. The summed E-state index contributed by atoms with van der Waals surface area (Å²) < 4.78 is 23.1. The van der Waals surface area contributed by atoms with E-state index in [1.54, 1.807) is 35.8 Å². The fraction of sp³-hybridized carbons (Fsp3) is 0.200. The molecule has 3 heterocycles. The molecule has 0 saturated heterocycles. The Kier molecular flexibility index (Phi) is 5.86. The number of ether oxygens (including phenoxy) is 4. The smallest absolute Gasteiger partial charge is 0.340 e. The zero-order valence-corrected chi connectivity index (χ0v) is 20.3. The van der Waals surface area contributed by atoms with E-state index in [1.165, 1.54) is 13.2 Å². The molecule has 0 saturated carbocycles. The number of carbonyl (C=O) groups is 1. The molecule has 1 aromatic heterocycles. The highest BCUT2D eigenvalue weighted by Crippen LogP contribution is 2.44. The van der Waals surface area contributed by atoms with Crippen LogP contribution in [-0.4, -0.2) is 24.4 Å². The van der Waals surface area contributed by atoms with Gasteiger partial charge in [0.25, 0.3) is 5.56 Å². The molecule has 0 unspecified atom stereocenters. The van der Waals surface area contributed by atoms with Gasteiger partial charge in [-0.25, -0.2) is 4.79 Å². The zero-order valence-electron chi connectivity index (χ0n) is 18.8. The molecule has 0 aliphatic carbocycles. The molecule has 5 rings (SSSR count). The van der Waals surface area contributed by atoms with Crippen molar-refractivity contribution in [3.8, 4) is 17.2 Å². The van der Waals surface area contributed by atoms with Gasteiger partial charge in [0.15, 0.2) is 11.5 Å². The zero-order chi connectivity index (χ0) is 24.9. The number of esters is 1. The Bertz CT molecular complexity index is 1460. The average molecular weight is 515 g/mol. The first-order valence-corrected chi connectivity index (χ1v) is 11.4. The minimum Gasteiger partial charge on any atom is -0.465 e. The highest BCUT2D eigenvalue weighted by atomic mass is 35.5. The molecule has 180 valence electrons. The van der Waals surface area contributed by atoms with Crippen molar-refractivity contribution in [3.05, 3.63) is 96.7 Å². The predicted octanol–water partition coefficient (Wildman–Crippen LogP) is 4.11.